The SMILES string of the molecule is Cc1ccc(O[C@H](C)C(=O)N(C[C@H]2CCCO2)C2CCN(C)CC2)cc1C. The maximum atomic E-state index is 13.3. The summed E-state index contributed by atoms with van der Waals surface area (Å²) in [7, 11) is 2.15. The summed E-state index contributed by atoms with van der Waals surface area (Å²) in [6, 6.07) is 6.29. The number of likely N-dealkylation sites (tertiary alicyclic amines) is 1. The highest BCUT2D eigenvalue weighted by atomic mass is 16.5. The Bertz CT molecular complexity index is 634. The van der Waals surface area contributed by atoms with Gasteiger partial charge in [-0.3, -0.25) is 4.79 Å². The number of rotatable bonds is 6. The minimum absolute atomic E-state index is 0.0817. The van der Waals surface area contributed by atoms with Crippen LogP contribution in [0.1, 0.15) is 43.7 Å². The molecule has 0 aromatic heterocycles. The number of ether oxygens (including phenoxy) is 2. The number of amides is 1. The van der Waals surface area contributed by atoms with Crippen LogP contribution in [0, 0.1) is 13.8 Å². The Morgan fingerprint density at radius 2 is 2.00 bits per heavy atom. The smallest absolute Gasteiger partial charge is 0.263 e. The highest BCUT2D eigenvalue weighted by Crippen LogP contribution is 2.23. The number of piperidine rings is 1. The number of hydrogen-bond donors (Lipinski definition) is 0. The van der Waals surface area contributed by atoms with Gasteiger partial charge in [0, 0.05) is 19.2 Å². The van der Waals surface area contributed by atoms with Crippen LogP contribution in [-0.2, 0) is 9.53 Å². The van der Waals surface area contributed by atoms with Gasteiger partial charge in [-0.15, -0.1) is 0 Å². The lowest BCUT2D eigenvalue weighted by Crippen LogP contribution is -2.52. The Labute approximate surface area is 163 Å². The molecule has 1 aromatic carbocycles. The van der Waals surface area contributed by atoms with E-state index in [0.717, 1.165) is 51.1 Å². The molecule has 0 N–H and O–H groups in total. The monoisotopic (exact) mass is 374 g/mol. The van der Waals surface area contributed by atoms with E-state index >= 15 is 0 Å². The van der Waals surface area contributed by atoms with Crippen LogP contribution in [0.15, 0.2) is 18.2 Å². The van der Waals surface area contributed by atoms with Gasteiger partial charge >= 0.3 is 0 Å². The van der Waals surface area contributed by atoms with E-state index in [2.05, 4.69) is 30.7 Å². The van der Waals surface area contributed by atoms with E-state index < -0.39 is 6.10 Å². The van der Waals surface area contributed by atoms with Gasteiger partial charge in [0.2, 0.25) is 0 Å². The zero-order valence-electron chi connectivity index (χ0n) is 17.2. The molecule has 1 amide bonds. The predicted molar refractivity (Wildman–Crippen MR) is 107 cm³/mol. The first-order valence-corrected chi connectivity index (χ1v) is 10.3. The molecule has 3 rings (SSSR count). The third kappa shape index (κ3) is 5.23. The molecule has 0 saturated carbocycles. The lowest BCUT2D eigenvalue weighted by Gasteiger charge is -2.39. The van der Waals surface area contributed by atoms with Crippen molar-refractivity contribution in [2.24, 2.45) is 0 Å². The average Bonchev–Trinajstić information content (AvgIpc) is 3.16. The second-order valence-corrected chi connectivity index (χ2v) is 8.17. The number of carbonyl (C=O) groups is 1. The Balaban J connectivity index is 1.69. The summed E-state index contributed by atoms with van der Waals surface area (Å²) in [6.07, 6.45) is 3.85. The molecule has 2 heterocycles. The molecule has 5 heteroatoms. The minimum Gasteiger partial charge on any atom is -0.481 e. The van der Waals surface area contributed by atoms with Crippen LogP contribution in [0.3, 0.4) is 0 Å². The summed E-state index contributed by atoms with van der Waals surface area (Å²) in [5, 5.41) is 0. The number of aryl methyl sites for hydroxylation is 2. The molecular weight excluding hydrogens is 340 g/mol. The summed E-state index contributed by atoms with van der Waals surface area (Å²) < 4.78 is 11.9. The van der Waals surface area contributed by atoms with Gasteiger partial charge in [-0.2, -0.15) is 0 Å². The molecule has 2 saturated heterocycles. The number of hydrogen-bond acceptors (Lipinski definition) is 4. The molecule has 5 nitrogen and oxygen atoms in total. The third-order valence-electron chi connectivity index (χ3n) is 5.98. The van der Waals surface area contributed by atoms with Crippen LogP contribution in [0.25, 0.3) is 0 Å². The van der Waals surface area contributed by atoms with Gasteiger partial charge in [-0.25, -0.2) is 0 Å². The molecule has 0 unspecified atom stereocenters. The van der Waals surface area contributed by atoms with Crippen molar-refractivity contribution in [1.29, 1.82) is 0 Å². The van der Waals surface area contributed by atoms with Crippen molar-refractivity contribution in [1.82, 2.24) is 9.80 Å². The van der Waals surface area contributed by atoms with E-state index in [1.165, 1.54) is 11.1 Å². The van der Waals surface area contributed by atoms with E-state index in [-0.39, 0.29) is 18.1 Å². The minimum atomic E-state index is -0.492. The first-order valence-electron chi connectivity index (χ1n) is 10.3. The first kappa shape index (κ1) is 20.2. The van der Waals surface area contributed by atoms with Crippen molar-refractivity contribution >= 4 is 5.91 Å². The third-order valence-corrected chi connectivity index (χ3v) is 5.98. The van der Waals surface area contributed by atoms with Crippen molar-refractivity contribution in [3.63, 3.8) is 0 Å². The molecule has 1 aromatic rings. The Morgan fingerprint density at radius 1 is 1.26 bits per heavy atom. The van der Waals surface area contributed by atoms with E-state index in [1.807, 2.05) is 25.1 Å². The lowest BCUT2D eigenvalue weighted by atomic mass is 10.0. The summed E-state index contributed by atoms with van der Waals surface area (Å²) >= 11 is 0. The zero-order valence-corrected chi connectivity index (χ0v) is 17.2. The van der Waals surface area contributed by atoms with Crippen LogP contribution in [0.5, 0.6) is 5.75 Å². The van der Waals surface area contributed by atoms with Crippen molar-refractivity contribution in [2.75, 3.05) is 33.3 Å². The van der Waals surface area contributed by atoms with Gasteiger partial charge in [-0.1, -0.05) is 6.07 Å². The van der Waals surface area contributed by atoms with E-state index in [4.69, 9.17) is 9.47 Å². The van der Waals surface area contributed by atoms with Gasteiger partial charge in [0.15, 0.2) is 6.10 Å². The summed E-state index contributed by atoms with van der Waals surface area (Å²) in [5.74, 6) is 0.845. The number of carbonyl (C=O) groups excluding carboxylic acids is 1. The standard InChI is InChI=1S/C22H34N2O3/c1-16-7-8-20(14-17(16)2)27-18(3)22(25)24(15-21-6-5-13-26-21)19-9-11-23(4)12-10-19/h7-8,14,18-19,21H,5-6,9-13,15H2,1-4H3/t18-,21-/m1/s1. The van der Waals surface area contributed by atoms with E-state index in [1.54, 1.807) is 0 Å². The molecule has 0 spiro atoms. The number of nitrogens with zero attached hydrogens (tertiary/aromatic N) is 2. The molecule has 0 aliphatic carbocycles. The largest absolute Gasteiger partial charge is 0.481 e. The maximum absolute atomic E-state index is 13.3. The quantitative estimate of drug-likeness (QED) is 0.767. The summed E-state index contributed by atoms with van der Waals surface area (Å²) in [5.41, 5.74) is 2.41. The molecule has 0 bridgehead atoms. The van der Waals surface area contributed by atoms with Crippen LogP contribution in [0.2, 0.25) is 0 Å². The highest BCUT2D eigenvalue weighted by molar-refractivity contribution is 5.81. The predicted octanol–water partition coefficient (Wildman–Crippen LogP) is 3.17. The van der Waals surface area contributed by atoms with Crippen LogP contribution >= 0.6 is 0 Å². The molecule has 0 radical (unpaired) electrons. The molecule has 27 heavy (non-hydrogen) atoms. The van der Waals surface area contributed by atoms with Crippen molar-refractivity contribution in [2.45, 2.75) is 64.7 Å². The van der Waals surface area contributed by atoms with Gasteiger partial charge in [0.1, 0.15) is 5.75 Å². The fourth-order valence-corrected chi connectivity index (χ4v) is 4.01. The zero-order chi connectivity index (χ0) is 19.4. The first-order chi connectivity index (χ1) is 12.9. The Kier molecular flexibility index (Phi) is 6.77. The Hall–Kier alpha value is -1.59. The maximum Gasteiger partial charge on any atom is 0.263 e. The van der Waals surface area contributed by atoms with Crippen molar-refractivity contribution in [3.8, 4) is 5.75 Å². The molecule has 2 aliphatic heterocycles. The Morgan fingerprint density at radius 3 is 2.63 bits per heavy atom. The van der Waals surface area contributed by atoms with E-state index in [9.17, 15) is 4.79 Å². The average molecular weight is 375 g/mol. The van der Waals surface area contributed by atoms with E-state index in [0.29, 0.717) is 6.54 Å². The lowest BCUT2D eigenvalue weighted by molar-refractivity contribution is -0.143. The fourth-order valence-electron chi connectivity index (χ4n) is 4.01. The van der Waals surface area contributed by atoms with Crippen molar-refractivity contribution < 1.29 is 14.3 Å². The molecule has 2 atom stereocenters. The normalized spacial score (nSPS) is 22.6. The van der Waals surface area contributed by atoms with Gasteiger partial charge < -0.3 is 19.3 Å². The van der Waals surface area contributed by atoms with Crippen LogP contribution < -0.4 is 4.74 Å². The van der Waals surface area contributed by atoms with Gasteiger partial charge in [-0.05, 0) is 89.9 Å². The highest BCUT2D eigenvalue weighted by Gasteiger charge is 2.33. The molecule has 2 aliphatic rings. The second kappa shape index (κ2) is 9.07. The molecular formula is C22H34N2O3. The fraction of sp³-hybridized carbons (Fsp3) is 0.682. The van der Waals surface area contributed by atoms with Crippen LogP contribution in [0.4, 0.5) is 0 Å². The van der Waals surface area contributed by atoms with Gasteiger partial charge in [0.25, 0.3) is 5.91 Å². The number of benzene rings is 1. The van der Waals surface area contributed by atoms with Gasteiger partial charge in [0.05, 0.1) is 6.10 Å². The summed E-state index contributed by atoms with van der Waals surface area (Å²) in [6.45, 7) is 9.59. The summed E-state index contributed by atoms with van der Waals surface area (Å²) in [4.78, 5) is 17.7. The molecule has 150 valence electrons. The second-order valence-electron chi connectivity index (χ2n) is 8.17. The van der Waals surface area contributed by atoms with Crippen molar-refractivity contribution in [3.05, 3.63) is 29.3 Å². The molecule has 2 fully saturated rings. The topological polar surface area (TPSA) is 42.0 Å². The van der Waals surface area contributed by atoms with Crippen LogP contribution in [-0.4, -0.2) is 67.2 Å².